The molecule has 0 aromatic carbocycles. The Morgan fingerprint density at radius 3 is 2.43 bits per heavy atom. The van der Waals surface area contributed by atoms with Gasteiger partial charge in [0.25, 0.3) is 11.5 Å². The minimum Gasteiger partial charge on any atom is -0.338 e. The largest absolute Gasteiger partial charge is 0.393 e. The lowest BCUT2D eigenvalue weighted by molar-refractivity contribution is -0.169. The fourth-order valence-corrected chi connectivity index (χ4v) is 2.34. The van der Waals surface area contributed by atoms with Crippen molar-refractivity contribution in [3.8, 4) is 0 Å². The van der Waals surface area contributed by atoms with E-state index in [2.05, 4.69) is 0 Å². The molecule has 9 heteroatoms. The Hall–Kier alpha value is -2.06. The van der Waals surface area contributed by atoms with Gasteiger partial charge in [0.15, 0.2) is 0 Å². The Morgan fingerprint density at radius 1 is 1.29 bits per heavy atom. The van der Waals surface area contributed by atoms with Crippen LogP contribution in [0.15, 0.2) is 15.8 Å². The van der Waals surface area contributed by atoms with Gasteiger partial charge in [0.05, 0.1) is 5.92 Å². The molecule has 21 heavy (non-hydrogen) atoms. The molecule has 2 heterocycles. The molecule has 1 aromatic rings. The van der Waals surface area contributed by atoms with Gasteiger partial charge in [-0.1, -0.05) is 0 Å². The van der Waals surface area contributed by atoms with Crippen molar-refractivity contribution in [1.29, 1.82) is 0 Å². The van der Waals surface area contributed by atoms with Crippen LogP contribution in [0, 0.1) is 5.92 Å². The van der Waals surface area contributed by atoms with Gasteiger partial charge in [0.1, 0.15) is 5.56 Å². The average Bonchev–Trinajstić information content (AvgIpc) is 2.89. The summed E-state index contributed by atoms with van der Waals surface area (Å²) < 4.78 is 39.6. The predicted octanol–water partition coefficient (Wildman–Crippen LogP) is 0.108. The molecule has 0 radical (unpaired) electrons. The molecule has 1 fully saturated rings. The van der Waals surface area contributed by atoms with E-state index < -0.39 is 35.8 Å². The first-order valence-electron chi connectivity index (χ1n) is 6.25. The maximum absolute atomic E-state index is 12.6. The highest BCUT2D eigenvalue weighted by Gasteiger charge is 2.45. The standard InChI is InChI=1S/C12H14F3N3O3/c1-16-6-8(9(19)17(2)11(16)21)10(20)18-4-3-7(5-18)12(13,14)15/h6-7H,3-5H2,1-2H3. The molecule has 1 amide bonds. The number of hydrogen-bond acceptors (Lipinski definition) is 3. The summed E-state index contributed by atoms with van der Waals surface area (Å²) >= 11 is 0. The van der Waals surface area contributed by atoms with E-state index >= 15 is 0 Å². The summed E-state index contributed by atoms with van der Waals surface area (Å²) in [5.74, 6) is -2.35. The normalized spacial score (nSPS) is 19.1. The molecule has 0 spiro atoms. The second-order valence-corrected chi connectivity index (χ2v) is 5.08. The van der Waals surface area contributed by atoms with Crippen LogP contribution in [0.5, 0.6) is 0 Å². The third kappa shape index (κ3) is 2.72. The lowest BCUT2D eigenvalue weighted by Gasteiger charge is -2.18. The van der Waals surface area contributed by atoms with E-state index in [1.165, 1.54) is 14.1 Å². The third-order valence-electron chi connectivity index (χ3n) is 3.62. The molecule has 1 unspecified atom stereocenters. The fraction of sp³-hybridized carbons (Fsp3) is 0.583. The van der Waals surface area contributed by atoms with Gasteiger partial charge in [-0.05, 0) is 6.42 Å². The predicted molar refractivity (Wildman–Crippen MR) is 67.0 cm³/mol. The SMILES string of the molecule is Cn1cc(C(=O)N2CCC(C(F)(F)F)C2)c(=O)n(C)c1=O. The number of alkyl halides is 3. The van der Waals surface area contributed by atoms with E-state index in [9.17, 15) is 27.6 Å². The van der Waals surface area contributed by atoms with E-state index in [0.717, 1.165) is 20.2 Å². The van der Waals surface area contributed by atoms with Crippen molar-refractivity contribution in [2.45, 2.75) is 12.6 Å². The van der Waals surface area contributed by atoms with Crippen molar-refractivity contribution in [2.24, 2.45) is 20.0 Å². The minimum absolute atomic E-state index is 0.0605. The molecule has 1 aliphatic rings. The number of aryl methyl sites for hydroxylation is 1. The minimum atomic E-state index is -4.36. The van der Waals surface area contributed by atoms with Crippen LogP contribution < -0.4 is 11.2 Å². The maximum Gasteiger partial charge on any atom is 0.393 e. The zero-order valence-electron chi connectivity index (χ0n) is 11.5. The lowest BCUT2D eigenvalue weighted by atomic mass is 10.1. The Balaban J connectivity index is 2.31. The van der Waals surface area contributed by atoms with Crippen molar-refractivity contribution in [3.63, 3.8) is 0 Å². The van der Waals surface area contributed by atoms with Gasteiger partial charge in [-0.2, -0.15) is 13.2 Å². The van der Waals surface area contributed by atoms with E-state index in [1.54, 1.807) is 0 Å². The van der Waals surface area contributed by atoms with Gasteiger partial charge in [0, 0.05) is 33.4 Å². The topological polar surface area (TPSA) is 64.3 Å². The molecule has 1 atom stereocenters. The summed E-state index contributed by atoms with van der Waals surface area (Å²) in [7, 11) is 2.57. The van der Waals surface area contributed by atoms with Crippen molar-refractivity contribution in [2.75, 3.05) is 13.1 Å². The summed E-state index contributed by atoms with van der Waals surface area (Å²) in [6.07, 6.45) is -3.47. The van der Waals surface area contributed by atoms with Gasteiger partial charge in [-0.25, -0.2) is 4.79 Å². The van der Waals surface area contributed by atoms with Crippen LogP contribution in [0.2, 0.25) is 0 Å². The number of rotatable bonds is 1. The van der Waals surface area contributed by atoms with Crippen molar-refractivity contribution in [3.05, 3.63) is 32.6 Å². The third-order valence-corrected chi connectivity index (χ3v) is 3.62. The molecular formula is C12H14F3N3O3. The number of nitrogens with zero attached hydrogens (tertiary/aromatic N) is 3. The van der Waals surface area contributed by atoms with Crippen LogP contribution in [-0.2, 0) is 14.1 Å². The molecule has 1 aliphatic heterocycles. The monoisotopic (exact) mass is 305 g/mol. The van der Waals surface area contributed by atoms with Crippen LogP contribution in [-0.4, -0.2) is 39.2 Å². The first-order valence-corrected chi connectivity index (χ1v) is 6.25. The molecule has 6 nitrogen and oxygen atoms in total. The summed E-state index contributed by atoms with van der Waals surface area (Å²) in [4.78, 5) is 36.6. The maximum atomic E-state index is 12.6. The van der Waals surface area contributed by atoms with Gasteiger partial charge in [0.2, 0.25) is 0 Å². The number of carbonyl (C=O) groups excluding carboxylic acids is 1. The van der Waals surface area contributed by atoms with E-state index in [0.29, 0.717) is 0 Å². The Morgan fingerprint density at radius 2 is 1.90 bits per heavy atom. The summed E-state index contributed by atoms with van der Waals surface area (Å²) in [6.45, 7) is -0.524. The van der Waals surface area contributed by atoms with Crippen molar-refractivity contribution < 1.29 is 18.0 Å². The highest BCUT2D eigenvalue weighted by Crippen LogP contribution is 2.33. The highest BCUT2D eigenvalue weighted by atomic mass is 19.4. The van der Waals surface area contributed by atoms with Crippen LogP contribution >= 0.6 is 0 Å². The van der Waals surface area contributed by atoms with Crippen LogP contribution in [0.4, 0.5) is 13.2 Å². The van der Waals surface area contributed by atoms with Gasteiger partial charge < -0.3 is 9.47 Å². The van der Waals surface area contributed by atoms with E-state index in [4.69, 9.17) is 0 Å². The second kappa shape index (κ2) is 5.05. The zero-order valence-corrected chi connectivity index (χ0v) is 11.5. The number of halogens is 3. The van der Waals surface area contributed by atoms with Gasteiger partial charge >= 0.3 is 11.9 Å². The van der Waals surface area contributed by atoms with Gasteiger partial charge in [-0.15, -0.1) is 0 Å². The molecule has 1 aromatic heterocycles. The van der Waals surface area contributed by atoms with Crippen LogP contribution in [0.25, 0.3) is 0 Å². The van der Waals surface area contributed by atoms with Crippen LogP contribution in [0.1, 0.15) is 16.8 Å². The fourth-order valence-electron chi connectivity index (χ4n) is 2.34. The molecular weight excluding hydrogens is 291 g/mol. The number of amides is 1. The highest BCUT2D eigenvalue weighted by molar-refractivity contribution is 5.93. The van der Waals surface area contributed by atoms with Crippen molar-refractivity contribution >= 4 is 5.91 Å². The second-order valence-electron chi connectivity index (χ2n) is 5.08. The Kier molecular flexibility index (Phi) is 3.68. The first kappa shape index (κ1) is 15.3. The lowest BCUT2D eigenvalue weighted by Crippen LogP contribution is -2.43. The molecule has 1 saturated heterocycles. The van der Waals surface area contributed by atoms with Crippen LogP contribution in [0.3, 0.4) is 0 Å². The van der Waals surface area contributed by atoms with Crippen molar-refractivity contribution in [1.82, 2.24) is 14.0 Å². The zero-order chi connectivity index (χ0) is 15.9. The Bertz CT molecular complexity index is 690. The first-order chi connectivity index (χ1) is 9.62. The molecule has 0 saturated carbocycles. The molecule has 0 bridgehead atoms. The number of carbonyl (C=O) groups is 1. The average molecular weight is 305 g/mol. The molecule has 116 valence electrons. The summed E-state index contributed by atoms with van der Waals surface area (Å²) in [5, 5.41) is 0. The summed E-state index contributed by atoms with van der Waals surface area (Å²) in [5.41, 5.74) is -1.72. The number of hydrogen-bond donors (Lipinski definition) is 0. The quantitative estimate of drug-likeness (QED) is 0.740. The molecule has 0 N–H and O–H groups in total. The summed E-state index contributed by atoms with van der Waals surface area (Å²) in [6, 6.07) is 0. The molecule has 0 aliphatic carbocycles. The number of aromatic nitrogens is 2. The number of likely N-dealkylation sites (tertiary alicyclic amines) is 1. The van der Waals surface area contributed by atoms with E-state index in [1.807, 2.05) is 0 Å². The van der Waals surface area contributed by atoms with E-state index in [-0.39, 0.29) is 18.5 Å². The Labute approximate surface area is 117 Å². The molecule has 2 rings (SSSR count). The van der Waals surface area contributed by atoms with Gasteiger partial charge in [-0.3, -0.25) is 14.2 Å². The smallest absolute Gasteiger partial charge is 0.338 e.